The molecule has 3 amide bonds. The van der Waals surface area contributed by atoms with E-state index in [1.807, 2.05) is 39.0 Å². The quantitative estimate of drug-likeness (QED) is 0.181. The number of nitrogens with zero attached hydrogens (tertiary/aromatic N) is 4. The minimum atomic E-state index is -1.11. The summed E-state index contributed by atoms with van der Waals surface area (Å²) in [6.45, 7) is 13.7. The predicted molar refractivity (Wildman–Crippen MR) is 231 cm³/mol. The predicted octanol–water partition coefficient (Wildman–Crippen LogP) is 5.58. The molecule has 3 aliphatic heterocycles. The summed E-state index contributed by atoms with van der Waals surface area (Å²) in [7, 11) is 3.28. The SMILES string of the molecule is CCn1c(-c2cccnc2[C@H](C)OC)c2c3cc(ccc31)-c1cc(O)cc(c1)C[C@H](NC(=O)C(C(C)C)N(C)C(=O)C1COC1)C(=O)N1CCC[C@H](N1)C(=O)OCC(C)(C)C2. The van der Waals surface area contributed by atoms with E-state index in [0.29, 0.717) is 51.1 Å². The lowest BCUT2D eigenvalue weighted by molar-refractivity contribution is -0.156. The third-order valence-electron chi connectivity index (χ3n) is 12.3. The number of cyclic esters (lactones) is 1. The topological polar surface area (TPSA) is 165 Å². The number of aromatic hydroxyl groups is 1. The van der Waals surface area contributed by atoms with Crippen molar-refractivity contribution in [1.29, 1.82) is 0 Å². The Labute approximate surface area is 357 Å². The van der Waals surface area contributed by atoms with Gasteiger partial charge in [0.25, 0.3) is 5.91 Å². The summed E-state index contributed by atoms with van der Waals surface area (Å²) >= 11 is 0. The first kappa shape index (κ1) is 43.8. The zero-order valence-electron chi connectivity index (χ0n) is 36.6. The van der Waals surface area contributed by atoms with Crippen molar-refractivity contribution in [3.8, 4) is 28.1 Å². The number of pyridine rings is 1. The average Bonchev–Trinajstić information content (AvgIpc) is 3.52. The molecule has 4 aromatic rings. The number of methoxy groups -OCH3 is 1. The second kappa shape index (κ2) is 18.0. The Morgan fingerprint density at radius 1 is 1.10 bits per heavy atom. The Morgan fingerprint density at radius 3 is 2.56 bits per heavy atom. The summed E-state index contributed by atoms with van der Waals surface area (Å²) in [5, 5.41) is 16.7. The normalized spacial score (nSPS) is 20.7. The second-order valence-electron chi connectivity index (χ2n) is 17.9. The van der Waals surface area contributed by atoms with Gasteiger partial charge < -0.3 is 34.1 Å². The number of esters is 1. The van der Waals surface area contributed by atoms with Gasteiger partial charge in [0.2, 0.25) is 11.8 Å². The van der Waals surface area contributed by atoms with Crippen molar-refractivity contribution >= 4 is 34.6 Å². The Bertz CT molecular complexity index is 2300. The zero-order valence-corrected chi connectivity index (χ0v) is 36.6. The minimum Gasteiger partial charge on any atom is -0.508 e. The molecule has 0 saturated carbocycles. The summed E-state index contributed by atoms with van der Waals surface area (Å²) in [5.74, 6) is -2.17. The molecule has 2 aromatic heterocycles. The molecule has 7 rings (SSSR count). The number of aryl methyl sites for hydroxylation is 1. The number of nitrogens with one attached hydrogen (secondary N) is 2. The van der Waals surface area contributed by atoms with Crippen LogP contribution in [-0.4, -0.2) is 107 Å². The number of benzene rings is 2. The van der Waals surface area contributed by atoms with Crippen molar-refractivity contribution in [2.24, 2.45) is 17.3 Å². The van der Waals surface area contributed by atoms with Gasteiger partial charge in [-0.15, -0.1) is 0 Å². The lowest BCUT2D eigenvalue weighted by atomic mass is 9.84. The van der Waals surface area contributed by atoms with E-state index >= 15 is 0 Å². The van der Waals surface area contributed by atoms with Crippen LogP contribution in [0.15, 0.2) is 54.7 Å². The van der Waals surface area contributed by atoms with Gasteiger partial charge in [0.05, 0.1) is 43.2 Å². The molecule has 14 heteroatoms. The van der Waals surface area contributed by atoms with Crippen LogP contribution in [0.3, 0.4) is 0 Å². The van der Waals surface area contributed by atoms with Crippen LogP contribution in [0.25, 0.3) is 33.3 Å². The van der Waals surface area contributed by atoms with E-state index in [2.05, 4.69) is 54.3 Å². The number of hydrogen-bond acceptors (Lipinski definition) is 10. The summed E-state index contributed by atoms with van der Waals surface area (Å²) in [4.78, 5) is 62.2. The molecule has 1 unspecified atom stereocenters. The maximum absolute atomic E-state index is 14.6. The van der Waals surface area contributed by atoms with Gasteiger partial charge in [0, 0.05) is 61.7 Å². The summed E-state index contributed by atoms with van der Waals surface area (Å²) < 4.78 is 19.4. The van der Waals surface area contributed by atoms with Gasteiger partial charge in [0.15, 0.2) is 0 Å². The number of carbonyl (C=O) groups excluding carboxylic acids is 4. The molecule has 61 heavy (non-hydrogen) atoms. The van der Waals surface area contributed by atoms with E-state index < -0.39 is 41.3 Å². The fourth-order valence-electron chi connectivity index (χ4n) is 9.05. The average molecular weight is 837 g/mol. The Hall–Kier alpha value is -5.31. The molecule has 6 bridgehead atoms. The molecule has 4 atom stereocenters. The van der Waals surface area contributed by atoms with Crippen molar-refractivity contribution < 1.29 is 38.5 Å². The molecule has 14 nitrogen and oxygen atoms in total. The Morgan fingerprint density at radius 2 is 1.87 bits per heavy atom. The summed E-state index contributed by atoms with van der Waals surface area (Å²) in [5.41, 5.74) is 9.67. The molecular formula is C47H60N6O8. The molecule has 2 fully saturated rings. The highest BCUT2D eigenvalue weighted by Crippen LogP contribution is 2.42. The van der Waals surface area contributed by atoms with Gasteiger partial charge in [-0.25, -0.2) is 5.43 Å². The largest absolute Gasteiger partial charge is 0.508 e. The number of likely N-dealkylation sites (N-methyl/N-ethyl adjacent to an activating group) is 1. The van der Waals surface area contributed by atoms with Crippen molar-refractivity contribution in [3.05, 3.63) is 71.5 Å². The zero-order chi connectivity index (χ0) is 43.7. The van der Waals surface area contributed by atoms with Crippen LogP contribution in [0.5, 0.6) is 5.75 Å². The van der Waals surface area contributed by atoms with Crippen molar-refractivity contribution in [2.45, 2.75) is 98.0 Å². The number of rotatable bonds is 9. The van der Waals surface area contributed by atoms with Crippen LogP contribution in [0.4, 0.5) is 0 Å². The van der Waals surface area contributed by atoms with E-state index in [1.54, 1.807) is 32.5 Å². The van der Waals surface area contributed by atoms with E-state index in [9.17, 15) is 24.3 Å². The highest BCUT2D eigenvalue weighted by Gasteiger charge is 2.40. The fraction of sp³-hybridized carbons (Fsp3) is 0.511. The molecule has 3 N–H and O–H groups in total. The van der Waals surface area contributed by atoms with E-state index in [1.165, 1.54) is 9.91 Å². The first-order valence-corrected chi connectivity index (χ1v) is 21.5. The monoisotopic (exact) mass is 836 g/mol. The van der Waals surface area contributed by atoms with Crippen LogP contribution < -0.4 is 10.7 Å². The van der Waals surface area contributed by atoms with Crippen molar-refractivity contribution in [1.82, 2.24) is 30.2 Å². The molecule has 3 aliphatic rings. The van der Waals surface area contributed by atoms with E-state index in [0.717, 1.165) is 44.5 Å². The Kier molecular flexibility index (Phi) is 12.9. The lowest BCUT2D eigenvalue weighted by Gasteiger charge is -2.37. The van der Waals surface area contributed by atoms with E-state index in [4.69, 9.17) is 19.2 Å². The Balaban J connectivity index is 1.35. The second-order valence-corrected chi connectivity index (χ2v) is 17.9. The van der Waals surface area contributed by atoms with Gasteiger partial charge in [-0.3, -0.25) is 29.2 Å². The molecule has 0 radical (unpaired) electrons. The summed E-state index contributed by atoms with van der Waals surface area (Å²) in [6.07, 6.45) is 3.08. The van der Waals surface area contributed by atoms with Gasteiger partial charge in [-0.05, 0) is 97.7 Å². The third kappa shape index (κ3) is 9.03. The molecule has 0 spiro atoms. The molecule has 0 aliphatic carbocycles. The number of hydrogen-bond donors (Lipinski definition) is 3. The number of fused-ring (bicyclic) bond motifs is 6. The highest BCUT2D eigenvalue weighted by atomic mass is 16.5. The minimum absolute atomic E-state index is 0.00765. The van der Waals surface area contributed by atoms with Gasteiger partial charge in [0.1, 0.15) is 23.9 Å². The molecular weight excluding hydrogens is 777 g/mol. The maximum Gasteiger partial charge on any atom is 0.324 e. The first-order chi connectivity index (χ1) is 29.1. The van der Waals surface area contributed by atoms with Crippen LogP contribution in [0.1, 0.15) is 77.3 Å². The highest BCUT2D eigenvalue weighted by molar-refractivity contribution is 5.96. The van der Waals surface area contributed by atoms with Crippen molar-refractivity contribution in [2.75, 3.05) is 40.5 Å². The number of amides is 3. The number of ether oxygens (including phenoxy) is 3. The molecule has 5 heterocycles. The molecule has 2 aromatic carbocycles. The van der Waals surface area contributed by atoms with Crippen LogP contribution in [0, 0.1) is 17.3 Å². The maximum atomic E-state index is 14.6. The van der Waals surface area contributed by atoms with Gasteiger partial charge >= 0.3 is 5.97 Å². The van der Waals surface area contributed by atoms with Crippen molar-refractivity contribution in [3.63, 3.8) is 0 Å². The lowest BCUT2D eigenvalue weighted by Crippen LogP contribution is -2.62. The van der Waals surface area contributed by atoms with Gasteiger partial charge in [-0.2, -0.15) is 0 Å². The van der Waals surface area contributed by atoms with Crippen LogP contribution in [-0.2, 0) is 52.8 Å². The smallest absolute Gasteiger partial charge is 0.324 e. The molecule has 2 saturated heterocycles. The van der Waals surface area contributed by atoms with E-state index in [-0.39, 0.29) is 42.6 Å². The standard InChI is InChI=1S/C47H60N6O8/c1-9-52-39-15-14-30-22-35(39)36(42(52)34-12-10-16-48-40(34)28(4)59-8)23-47(5,6)26-61-46(58)37-13-11-17-53(50-37)45(57)38(20-29-18-31(30)21-33(54)19-29)49-43(55)41(27(2)3)51(7)44(56)32-24-60-25-32/h10,12,14-16,18-19,21-22,27-28,32,37-38,41,50,54H,9,11,13,17,20,23-26H2,1-8H3,(H,49,55)/t28-,37-,38-,41?/m0/s1. The number of hydrazine groups is 1. The number of phenolic OH excluding ortho intramolecular Hbond substituents is 1. The first-order valence-electron chi connectivity index (χ1n) is 21.5. The van der Waals surface area contributed by atoms with Crippen LogP contribution >= 0.6 is 0 Å². The number of carbonyl (C=O) groups is 4. The van der Waals surface area contributed by atoms with Crippen LogP contribution in [0.2, 0.25) is 0 Å². The fourth-order valence-corrected chi connectivity index (χ4v) is 9.05. The molecule has 326 valence electrons. The van der Waals surface area contributed by atoms with Gasteiger partial charge in [-0.1, -0.05) is 39.8 Å². The number of phenols is 1. The summed E-state index contributed by atoms with van der Waals surface area (Å²) in [6, 6.07) is 12.8. The third-order valence-corrected chi connectivity index (χ3v) is 12.3. The number of aromatic nitrogens is 2.